The predicted octanol–water partition coefficient (Wildman–Crippen LogP) is 4.01. The second-order valence-electron chi connectivity index (χ2n) is 5.91. The summed E-state index contributed by atoms with van der Waals surface area (Å²) in [7, 11) is -3.69. The zero-order chi connectivity index (χ0) is 19.8. The van der Waals surface area contributed by atoms with Crippen LogP contribution >= 0.6 is 11.8 Å². The molecule has 28 heavy (non-hydrogen) atoms. The van der Waals surface area contributed by atoms with Crippen molar-refractivity contribution in [1.82, 2.24) is 5.32 Å². The Morgan fingerprint density at radius 2 is 1.43 bits per heavy atom. The van der Waals surface area contributed by atoms with Crippen LogP contribution in [-0.2, 0) is 10.0 Å². The molecule has 0 aliphatic rings. The largest absolute Gasteiger partial charge is 0.351 e. The minimum atomic E-state index is -3.69. The van der Waals surface area contributed by atoms with Crippen LogP contribution in [0.4, 0.5) is 5.69 Å². The van der Waals surface area contributed by atoms with Crippen LogP contribution in [0.25, 0.3) is 0 Å². The quantitative estimate of drug-likeness (QED) is 0.433. The monoisotopic (exact) mass is 412 g/mol. The lowest BCUT2D eigenvalue weighted by Gasteiger charge is -2.09. The van der Waals surface area contributed by atoms with Gasteiger partial charge in [-0.15, -0.1) is 11.8 Å². The van der Waals surface area contributed by atoms with E-state index in [1.165, 1.54) is 24.3 Å². The van der Waals surface area contributed by atoms with E-state index >= 15 is 0 Å². The zero-order valence-electron chi connectivity index (χ0n) is 15.0. The van der Waals surface area contributed by atoms with Crippen LogP contribution in [0.15, 0.2) is 94.7 Å². The van der Waals surface area contributed by atoms with Crippen molar-refractivity contribution >= 4 is 33.4 Å². The Bertz CT molecular complexity index is 1010. The lowest BCUT2D eigenvalue weighted by molar-refractivity contribution is 0.0956. The topological polar surface area (TPSA) is 75.3 Å². The molecule has 0 radical (unpaired) electrons. The maximum absolute atomic E-state index is 12.4. The summed E-state index contributed by atoms with van der Waals surface area (Å²) in [4.78, 5) is 13.5. The molecule has 7 heteroatoms. The highest BCUT2D eigenvalue weighted by atomic mass is 32.2. The zero-order valence-corrected chi connectivity index (χ0v) is 16.7. The van der Waals surface area contributed by atoms with E-state index in [0.717, 1.165) is 10.6 Å². The van der Waals surface area contributed by atoms with E-state index < -0.39 is 10.0 Å². The first-order chi connectivity index (χ1) is 13.5. The van der Waals surface area contributed by atoms with Gasteiger partial charge in [-0.05, 0) is 48.5 Å². The van der Waals surface area contributed by atoms with Gasteiger partial charge in [0.15, 0.2) is 0 Å². The maximum atomic E-state index is 12.4. The Morgan fingerprint density at radius 1 is 0.821 bits per heavy atom. The fraction of sp³-hybridized carbons (Fsp3) is 0.0952. The van der Waals surface area contributed by atoms with Crippen molar-refractivity contribution in [3.63, 3.8) is 0 Å². The molecule has 0 spiro atoms. The van der Waals surface area contributed by atoms with E-state index in [9.17, 15) is 13.2 Å². The molecule has 0 unspecified atom stereocenters. The molecule has 5 nitrogen and oxygen atoms in total. The van der Waals surface area contributed by atoms with E-state index in [-0.39, 0.29) is 10.8 Å². The van der Waals surface area contributed by atoms with Crippen LogP contribution in [0.3, 0.4) is 0 Å². The van der Waals surface area contributed by atoms with Gasteiger partial charge in [-0.2, -0.15) is 0 Å². The third-order valence-corrected chi connectivity index (χ3v) is 6.26. The van der Waals surface area contributed by atoms with Crippen molar-refractivity contribution in [3.05, 3.63) is 90.5 Å². The molecule has 0 saturated carbocycles. The first-order valence-electron chi connectivity index (χ1n) is 8.68. The molecule has 144 valence electrons. The molecular formula is C21H20N2O3S2. The van der Waals surface area contributed by atoms with Gasteiger partial charge in [0.2, 0.25) is 0 Å². The van der Waals surface area contributed by atoms with Crippen molar-refractivity contribution in [2.75, 3.05) is 17.0 Å². The molecule has 3 aromatic carbocycles. The molecule has 0 aliphatic heterocycles. The van der Waals surface area contributed by atoms with E-state index in [1.807, 2.05) is 36.4 Å². The predicted molar refractivity (Wildman–Crippen MR) is 113 cm³/mol. The lowest BCUT2D eigenvalue weighted by atomic mass is 10.2. The van der Waals surface area contributed by atoms with Crippen molar-refractivity contribution in [3.8, 4) is 0 Å². The van der Waals surface area contributed by atoms with Crippen molar-refractivity contribution in [2.24, 2.45) is 0 Å². The highest BCUT2D eigenvalue weighted by molar-refractivity contribution is 7.99. The van der Waals surface area contributed by atoms with Crippen LogP contribution in [0, 0.1) is 0 Å². The second-order valence-corrected chi connectivity index (χ2v) is 8.76. The second kappa shape index (κ2) is 9.43. The van der Waals surface area contributed by atoms with Gasteiger partial charge >= 0.3 is 0 Å². The number of thioether (sulfide) groups is 1. The molecule has 0 atom stereocenters. The number of para-hydroxylation sites is 1. The van der Waals surface area contributed by atoms with Gasteiger partial charge in [0.1, 0.15) is 0 Å². The Hall–Kier alpha value is -2.77. The molecule has 0 aromatic heterocycles. The highest BCUT2D eigenvalue weighted by Crippen LogP contribution is 2.17. The van der Waals surface area contributed by atoms with E-state index in [4.69, 9.17) is 0 Å². The Kier molecular flexibility index (Phi) is 6.73. The summed E-state index contributed by atoms with van der Waals surface area (Å²) in [6.07, 6.45) is 0. The molecule has 3 rings (SSSR count). The summed E-state index contributed by atoms with van der Waals surface area (Å²) in [5.74, 6) is 0.525. The summed E-state index contributed by atoms with van der Waals surface area (Å²) >= 11 is 1.66. The minimum absolute atomic E-state index is 0.104. The molecule has 0 fully saturated rings. The first kappa shape index (κ1) is 20.0. The summed E-state index contributed by atoms with van der Waals surface area (Å²) in [5, 5.41) is 2.84. The summed E-state index contributed by atoms with van der Waals surface area (Å²) < 4.78 is 27.3. The van der Waals surface area contributed by atoms with Crippen LogP contribution < -0.4 is 10.0 Å². The molecular weight excluding hydrogens is 392 g/mol. The van der Waals surface area contributed by atoms with Gasteiger partial charge in [0.05, 0.1) is 4.90 Å². The van der Waals surface area contributed by atoms with Gasteiger partial charge in [-0.25, -0.2) is 8.42 Å². The SMILES string of the molecule is O=C(NCCSc1ccccc1)c1ccc(S(=O)(=O)Nc2ccccc2)cc1. The average molecular weight is 413 g/mol. The fourth-order valence-electron chi connectivity index (χ4n) is 2.46. The summed E-state index contributed by atoms with van der Waals surface area (Å²) in [6.45, 7) is 0.522. The Balaban J connectivity index is 1.53. The average Bonchev–Trinajstić information content (AvgIpc) is 2.72. The third-order valence-electron chi connectivity index (χ3n) is 3.85. The van der Waals surface area contributed by atoms with Gasteiger partial charge < -0.3 is 5.32 Å². The van der Waals surface area contributed by atoms with Gasteiger partial charge in [0, 0.05) is 28.4 Å². The number of amides is 1. The number of rotatable bonds is 8. The lowest BCUT2D eigenvalue weighted by Crippen LogP contribution is -2.25. The van der Waals surface area contributed by atoms with Gasteiger partial charge in [-0.3, -0.25) is 9.52 Å². The van der Waals surface area contributed by atoms with E-state index in [1.54, 1.807) is 36.0 Å². The molecule has 0 heterocycles. The molecule has 0 saturated heterocycles. The number of sulfonamides is 1. The van der Waals surface area contributed by atoms with Crippen molar-refractivity contribution in [1.29, 1.82) is 0 Å². The van der Waals surface area contributed by atoms with E-state index in [2.05, 4.69) is 10.0 Å². The first-order valence-corrected chi connectivity index (χ1v) is 11.2. The van der Waals surface area contributed by atoms with Gasteiger partial charge in [-0.1, -0.05) is 36.4 Å². The van der Waals surface area contributed by atoms with Crippen molar-refractivity contribution in [2.45, 2.75) is 9.79 Å². The smallest absolute Gasteiger partial charge is 0.261 e. The number of anilines is 1. The molecule has 0 bridgehead atoms. The standard InChI is InChI=1S/C21H20N2O3S2/c24-21(22-15-16-27-19-9-5-2-6-10-19)17-11-13-20(14-12-17)28(25,26)23-18-7-3-1-4-8-18/h1-14,23H,15-16H2,(H,22,24). The van der Waals surface area contributed by atoms with Crippen LogP contribution in [-0.4, -0.2) is 26.6 Å². The van der Waals surface area contributed by atoms with Gasteiger partial charge in [0.25, 0.3) is 15.9 Å². The van der Waals surface area contributed by atoms with Crippen LogP contribution in [0.1, 0.15) is 10.4 Å². The Labute approximate surface area is 169 Å². The maximum Gasteiger partial charge on any atom is 0.261 e. The number of hydrogen-bond donors (Lipinski definition) is 2. The van der Waals surface area contributed by atoms with Crippen LogP contribution in [0.2, 0.25) is 0 Å². The van der Waals surface area contributed by atoms with Crippen molar-refractivity contribution < 1.29 is 13.2 Å². The molecule has 2 N–H and O–H groups in total. The fourth-order valence-corrected chi connectivity index (χ4v) is 4.31. The number of carbonyl (C=O) groups excluding carboxylic acids is 1. The summed E-state index contributed by atoms with van der Waals surface area (Å²) in [6, 6.07) is 24.5. The van der Waals surface area contributed by atoms with Crippen LogP contribution in [0.5, 0.6) is 0 Å². The number of nitrogens with one attached hydrogen (secondary N) is 2. The highest BCUT2D eigenvalue weighted by Gasteiger charge is 2.15. The minimum Gasteiger partial charge on any atom is -0.351 e. The Morgan fingerprint density at radius 3 is 2.07 bits per heavy atom. The number of hydrogen-bond acceptors (Lipinski definition) is 4. The number of carbonyl (C=O) groups is 1. The molecule has 3 aromatic rings. The molecule has 1 amide bonds. The summed E-state index contributed by atoms with van der Waals surface area (Å²) in [5.41, 5.74) is 0.906. The number of benzene rings is 3. The normalized spacial score (nSPS) is 11.0. The molecule has 0 aliphatic carbocycles. The van der Waals surface area contributed by atoms with E-state index in [0.29, 0.717) is 17.8 Å². The third kappa shape index (κ3) is 5.61.